The van der Waals surface area contributed by atoms with Crippen LogP contribution in [0.15, 0.2) is 12.1 Å². The summed E-state index contributed by atoms with van der Waals surface area (Å²) in [6, 6.07) is 1.02. The third kappa shape index (κ3) is 5.77. The lowest BCUT2D eigenvalue weighted by Crippen LogP contribution is -2.49. The number of anilines is 1. The summed E-state index contributed by atoms with van der Waals surface area (Å²) in [7, 11) is -4.44. The van der Waals surface area contributed by atoms with E-state index < -0.39 is 39.9 Å². The van der Waals surface area contributed by atoms with E-state index in [1.807, 2.05) is 4.72 Å². The molecule has 0 spiro atoms. The Morgan fingerprint density at radius 3 is 2.55 bits per heavy atom. The zero-order chi connectivity index (χ0) is 22.0. The van der Waals surface area contributed by atoms with E-state index in [0.29, 0.717) is 4.31 Å². The molecule has 1 fully saturated rings. The highest BCUT2D eigenvalue weighted by Gasteiger charge is 2.36. The summed E-state index contributed by atoms with van der Waals surface area (Å²) < 4.78 is 36.6. The molecule has 12 nitrogen and oxygen atoms in total. The first-order chi connectivity index (χ1) is 13.3. The molecule has 1 saturated heterocycles. The van der Waals surface area contributed by atoms with E-state index in [0.717, 1.165) is 0 Å². The molecule has 4 N–H and O–H groups in total. The van der Waals surface area contributed by atoms with Gasteiger partial charge in [0.25, 0.3) is 0 Å². The average molecular weight is 430 g/mol. The summed E-state index contributed by atoms with van der Waals surface area (Å²) in [6.07, 6.45) is -1.46. The van der Waals surface area contributed by atoms with Gasteiger partial charge in [-0.3, -0.25) is 4.79 Å². The molecule has 1 unspecified atom stereocenters. The molecule has 0 aliphatic carbocycles. The number of esters is 1. The van der Waals surface area contributed by atoms with Gasteiger partial charge in [-0.25, -0.2) is 14.6 Å². The van der Waals surface area contributed by atoms with Crippen LogP contribution in [0.25, 0.3) is 0 Å². The molecule has 13 heteroatoms. The second kappa shape index (κ2) is 8.21. The van der Waals surface area contributed by atoms with Crippen LogP contribution in [0.5, 0.6) is 0 Å². The number of nitrogens with one attached hydrogen (secondary N) is 1. The Labute approximate surface area is 167 Å². The number of rotatable bonds is 7. The Morgan fingerprint density at radius 1 is 1.41 bits per heavy atom. The third-order valence-corrected chi connectivity index (χ3v) is 5.14. The molecule has 0 bridgehead atoms. The van der Waals surface area contributed by atoms with Crippen molar-refractivity contribution in [1.82, 2.24) is 14.0 Å². The summed E-state index contributed by atoms with van der Waals surface area (Å²) in [5, 5.41) is 9.37. The molecule has 0 saturated carbocycles. The van der Waals surface area contributed by atoms with E-state index in [2.05, 4.69) is 9.72 Å². The highest BCUT2D eigenvalue weighted by molar-refractivity contribution is 7.87. The number of aromatic nitrogens is 1. The van der Waals surface area contributed by atoms with Crippen molar-refractivity contribution in [2.45, 2.75) is 38.8 Å². The van der Waals surface area contributed by atoms with Crippen LogP contribution < -0.4 is 10.5 Å². The Hall–Kier alpha value is -2.93. The summed E-state index contributed by atoms with van der Waals surface area (Å²) in [4.78, 5) is 38.9. The molecule has 1 aromatic rings. The molecule has 2 heterocycles. The number of carbonyl (C=O) groups is 3. The maximum atomic E-state index is 12.3. The molecular weight excluding hydrogens is 408 g/mol. The molecule has 1 amide bonds. The molecule has 1 aromatic heterocycles. The normalized spacial score (nSPS) is 15.7. The van der Waals surface area contributed by atoms with Gasteiger partial charge in [0.05, 0.1) is 6.54 Å². The average Bonchev–Trinajstić information content (AvgIpc) is 3.01. The number of carbonyl (C=O) groups excluding carboxylic acids is 2. The van der Waals surface area contributed by atoms with Crippen LogP contribution in [0.3, 0.4) is 0 Å². The number of carboxylic acids is 1. The van der Waals surface area contributed by atoms with Crippen LogP contribution in [0, 0.1) is 0 Å². The van der Waals surface area contributed by atoms with E-state index in [1.54, 1.807) is 20.8 Å². The number of pyridine rings is 1. The monoisotopic (exact) mass is 430 g/mol. The first-order valence-corrected chi connectivity index (χ1v) is 9.92. The van der Waals surface area contributed by atoms with Gasteiger partial charge in [0, 0.05) is 6.42 Å². The Bertz CT molecular complexity index is 925. The van der Waals surface area contributed by atoms with Gasteiger partial charge in [-0.05, 0) is 32.4 Å². The largest absolute Gasteiger partial charge is 0.480 e. The smallest absolute Gasteiger partial charge is 0.424 e. The molecule has 0 radical (unpaired) electrons. The first-order valence-electron chi connectivity index (χ1n) is 8.48. The standard InChI is InChI=1S/C16H22N4O8S/c1-16(2,3)28-14(23)10-5-4-9(12(17)18-10)8-11(13(21)22)19-29(25,26)20-6-7-27-15(20)24/h4-5,11,19H,6-8H2,1-3H3,(H2,17,18)(H,21,22). The maximum absolute atomic E-state index is 12.3. The van der Waals surface area contributed by atoms with Gasteiger partial charge in [0.2, 0.25) is 0 Å². The summed E-state index contributed by atoms with van der Waals surface area (Å²) in [5.74, 6) is -2.35. The van der Waals surface area contributed by atoms with Crippen molar-refractivity contribution in [3.8, 4) is 0 Å². The van der Waals surface area contributed by atoms with Crippen LogP contribution >= 0.6 is 0 Å². The second-order valence-electron chi connectivity index (χ2n) is 7.15. The molecule has 1 aliphatic heterocycles. The fourth-order valence-corrected chi connectivity index (χ4v) is 3.60. The molecule has 1 aliphatic rings. The van der Waals surface area contributed by atoms with Gasteiger partial charge >= 0.3 is 28.2 Å². The molecule has 0 aromatic carbocycles. The van der Waals surface area contributed by atoms with Gasteiger partial charge in [0.1, 0.15) is 24.1 Å². The van der Waals surface area contributed by atoms with Crippen LogP contribution in [0.2, 0.25) is 0 Å². The number of nitrogens with two attached hydrogens (primary N) is 1. The van der Waals surface area contributed by atoms with Crippen LogP contribution in [-0.4, -0.2) is 65.6 Å². The predicted molar refractivity (Wildman–Crippen MR) is 99.1 cm³/mol. The molecule has 2 rings (SSSR count). The Kier molecular flexibility index (Phi) is 6.33. The number of aliphatic carboxylic acids is 1. The van der Waals surface area contributed by atoms with Crippen molar-refractivity contribution in [3.05, 3.63) is 23.4 Å². The maximum Gasteiger partial charge on any atom is 0.424 e. The minimum atomic E-state index is -4.44. The first kappa shape index (κ1) is 22.4. The van der Waals surface area contributed by atoms with Crippen LogP contribution in [-0.2, 0) is 30.9 Å². The highest BCUT2D eigenvalue weighted by Crippen LogP contribution is 2.17. The van der Waals surface area contributed by atoms with Crippen LogP contribution in [0.4, 0.5) is 10.6 Å². The molecule has 29 heavy (non-hydrogen) atoms. The van der Waals surface area contributed by atoms with Crippen molar-refractivity contribution >= 4 is 34.1 Å². The van der Waals surface area contributed by atoms with Crippen LogP contribution in [0.1, 0.15) is 36.8 Å². The van der Waals surface area contributed by atoms with E-state index in [-0.39, 0.29) is 36.6 Å². The minimum absolute atomic E-state index is 0.0755. The van der Waals surface area contributed by atoms with E-state index in [4.69, 9.17) is 10.5 Å². The van der Waals surface area contributed by atoms with E-state index in [1.165, 1.54) is 12.1 Å². The molecule has 1 atom stereocenters. The quantitative estimate of drug-likeness (QED) is 0.495. The summed E-state index contributed by atoms with van der Waals surface area (Å²) >= 11 is 0. The number of nitrogen functional groups attached to an aromatic ring is 1. The number of nitrogens with zero attached hydrogens (tertiary/aromatic N) is 2. The number of cyclic esters (lactones) is 1. The minimum Gasteiger partial charge on any atom is -0.480 e. The Morgan fingerprint density at radius 2 is 2.07 bits per heavy atom. The van der Waals surface area contributed by atoms with Gasteiger partial charge in [-0.1, -0.05) is 6.07 Å². The fourth-order valence-electron chi connectivity index (χ4n) is 2.36. The van der Waals surface area contributed by atoms with Crippen molar-refractivity contribution in [2.75, 3.05) is 18.9 Å². The SMILES string of the molecule is CC(C)(C)OC(=O)c1ccc(CC(NS(=O)(=O)N2CCOC2=O)C(=O)O)c(N)n1. The number of carboxylic acid groups (broad SMARTS) is 1. The lowest BCUT2D eigenvalue weighted by Gasteiger charge is -2.20. The van der Waals surface area contributed by atoms with Crippen molar-refractivity contribution in [1.29, 1.82) is 0 Å². The lowest BCUT2D eigenvalue weighted by atomic mass is 10.1. The van der Waals surface area contributed by atoms with Gasteiger partial charge < -0.3 is 20.3 Å². The molecule has 160 valence electrons. The second-order valence-corrected chi connectivity index (χ2v) is 8.77. The zero-order valence-electron chi connectivity index (χ0n) is 16.0. The highest BCUT2D eigenvalue weighted by atomic mass is 32.2. The number of hydrogen-bond donors (Lipinski definition) is 3. The van der Waals surface area contributed by atoms with Crippen molar-refractivity contribution in [2.24, 2.45) is 0 Å². The predicted octanol–water partition coefficient (Wildman–Crippen LogP) is -0.0986. The summed E-state index contributed by atoms with van der Waals surface area (Å²) in [5.41, 5.74) is 5.18. The van der Waals surface area contributed by atoms with Gasteiger partial charge in [-0.15, -0.1) is 0 Å². The number of hydrogen-bond acceptors (Lipinski definition) is 9. The third-order valence-electron chi connectivity index (χ3n) is 3.65. The topological polar surface area (TPSA) is 178 Å². The fraction of sp³-hybridized carbons (Fsp3) is 0.500. The number of ether oxygens (including phenoxy) is 2. The van der Waals surface area contributed by atoms with Gasteiger partial charge in [-0.2, -0.15) is 17.4 Å². The molecular formula is C16H22N4O8S. The Balaban J connectivity index is 2.17. The lowest BCUT2D eigenvalue weighted by molar-refractivity contribution is -0.138. The number of amides is 1. The van der Waals surface area contributed by atoms with Crippen molar-refractivity contribution < 1.29 is 37.4 Å². The van der Waals surface area contributed by atoms with E-state index >= 15 is 0 Å². The van der Waals surface area contributed by atoms with Gasteiger partial charge in [0.15, 0.2) is 5.69 Å². The van der Waals surface area contributed by atoms with E-state index in [9.17, 15) is 27.9 Å². The van der Waals surface area contributed by atoms with Crippen molar-refractivity contribution in [3.63, 3.8) is 0 Å². The zero-order valence-corrected chi connectivity index (χ0v) is 16.9. The summed E-state index contributed by atoms with van der Waals surface area (Å²) in [6.45, 7) is 4.70.